The zero-order valence-corrected chi connectivity index (χ0v) is 25.7. The Balaban J connectivity index is 1.51. The van der Waals surface area contributed by atoms with Gasteiger partial charge in [0, 0.05) is 42.9 Å². The van der Waals surface area contributed by atoms with E-state index in [2.05, 4.69) is 51.2 Å². The maximum atomic E-state index is 12.4. The summed E-state index contributed by atoms with van der Waals surface area (Å²) in [5, 5.41) is 7.65. The Kier molecular flexibility index (Phi) is 9.49. The van der Waals surface area contributed by atoms with Gasteiger partial charge in [-0.05, 0) is 51.6 Å². The first-order valence-corrected chi connectivity index (χ1v) is 14.6. The van der Waals surface area contributed by atoms with Gasteiger partial charge < -0.3 is 34.3 Å². The van der Waals surface area contributed by atoms with Crippen molar-refractivity contribution in [2.24, 2.45) is 0 Å². The van der Waals surface area contributed by atoms with Gasteiger partial charge in [-0.15, -0.1) is 0 Å². The Hall–Kier alpha value is -4.12. The Morgan fingerprint density at radius 2 is 2.09 bits per heavy atom. The van der Waals surface area contributed by atoms with Crippen LogP contribution in [0.5, 0.6) is 11.5 Å². The molecule has 0 bridgehead atoms. The summed E-state index contributed by atoms with van der Waals surface area (Å²) in [5.41, 5.74) is 5.09. The monoisotopic (exact) mass is 604 g/mol. The number of hydrogen-bond acceptors (Lipinski definition) is 8. The van der Waals surface area contributed by atoms with Crippen LogP contribution >= 0.6 is 11.6 Å². The fourth-order valence-corrected chi connectivity index (χ4v) is 5.54. The minimum atomic E-state index is -0.381. The smallest absolute Gasteiger partial charge is 0.247 e. The van der Waals surface area contributed by atoms with E-state index in [1.807, 2.05) is 25.9 Å². The molecule has 3 heterocycles. The SMILES string of the molecule is C=CC(=O)Nc1cc(Nc2ncc(Cl)c(-c3cn4c5c(cccc35)CCC4)n2)c(OC)cc1O[C@H](COCC)CN(C)C. The van der Waals surface area contributed by atoms with Gasteiger partial charge in [0.25, 0.3) is 0 Å². The van der Waals surface area contributed by atoms with E-state index in [0.29, 0.717) is 59.3 Å². The summed E-state index contributed by atoms with van der Waals surface area (Å²) in [4.78, 5) is 23.7. The van der Waals surface area contributed by atoms with E-state index in [1.54, 1.807) is 25.4 Å². The number of nitrogens with one attached hydrogen (secondary N) is 2. The zero-order chi connectivity index (χ0) is 30.5. The van der Waals surface area contributed by atoms with Crippen LogP contribution in [0.2, 0.25) is 5.02 Å². The van der Waals surface area contributed by atoms with Crippen LogP contribution in [0.1, 0.15) is 18.9 Å². The largest absolute Gasteiger partial charge is 0.494 e. The molecule has 226 valence electrons. The van der Waals surface area contributed by atoms with Crippen LogP contribution in [-0.2, 0) is 22.5 Å². The molecule has 2 aromatic heterocycles. The fourth-order valence-electron chi connectivity index (χ4n) is 5.35. The van der Waals surface area contributed by atoms with E-state index in [0.717, 1.165) is 30.3 Å². The number of hydrogen-bond donors (Lipinski definition) is 2. The first-order chi connectivity index (χ1) is 20.8. The first-order valence-electron chi connectivity index (χ1n) is 14.3. The number of benzene rings is 2. The molecule has 0 radical (unpaired) electrons. The van der Waals surface area contributed by atoms with Crippen molar-refractivity contribution >= 4 is 45.7 Å². The molecule has 5 rings (SSSR count). The van der Waals surface area contributed by atoms with Gasteiger partial charge in [-0.1, -0.05) is 36.4 Å². The molecule has 43 heavy (non-hydrogen) atoms. The summed E-state index contributed by atoms with van der Waals surface area (Å²) in [6.07, 6.45) is 6.76. The lowest BCUT2D eigenvalue weighted by Crippen LogP contribution is -2.35. The molecule has 0 spiro atoms. The second kappa shape index (κ2) is 13.5. The van der Waals surface area contributed by atoms with Crippen LogP contribution in [0.3, 0.4) is 0 Å². The number of nitrogens with zero attached hydrogens (tertiary/aromatic N) is 4. The van der Waals surface area contributed by atoms with Crippen molar-refractivity contribution in [1.82, 2.24) is 19.4 Å². The zero-order valence-electron chi connectivity index (χ0n) is 24.9. The third-order valence-electron chi connectivity index (χ3n) is 7.19. The number of para-hydroxylation sites is 1. The predicted octanol–water partition coefficient (Wildman–Crippen LogP) is 5.92. The highest BCUT2D eigenvalue weighted by atomic mass is 35.5. The standard InChI is InChI=1S/C32H37ClN6O4/c1-6-29(40)35-26-14-25(27(41-5)15-28(26)43-21(17-38(3)4)19-42-7-2)36-32-34-16-24(33)30(37-32)23-18-39-13-9-11-20-10-8-12-22(23)31(20)39/h6,8,10,12,14-16,18,21H,1,7,9,11,13,17,19H2,2-5H3,(H,35,40)(H,34,36,37)/t21-/m0/s1. The lowest BCUT2D eigenvalue weighted by molar-refractivity contribution is -0.111. The average Bonchev–Trinajstić information content (AvgIpc) is 3.37. The summed E-state index contributed by atoms with van der Waals surface area (Å²) in [6, 6.07) is 9.81. The molecule has 0 saturated carbocycles. The lowest BCUT2D eigenvalue weighted by atomic mass is 10.0. The number of carbonyl (C=O) groups excluding carboxylic acids is 1. The van der Waals surface area contributed by atoms with Gasteiger partial charge in [0.1, 0.15) is 17.6 Å². The molecule has 2 aromatic carbocycles. The van der Waals surface area contributed by atoms with Gasteiger partial charge in [-0.25, -0.2) is 9.97 Å². The van der Waals surface area contributed by atoms with Crippen LogP contribution in [0.25, 0.3) is 22.2 Å². The van der Waals surface area contributed by atoms with Gasteiger partial charge in [0.05, 0.1) is 47.5 Å². The van der Waals surface area contributed by atoms with Crippen LogP contribution < -0.4 is 20.1 Å². The van der Waals surface area contributed by atoms with Gasteiger partial charge in [-0.2, -0.15) is 0 Å². The Labute approximate surface area is 256 Å². The van der Waals surface area contributed by atoms with Gasteiger partial charge >= 0.3 is 0 Å². The molecule has 2 N–H and O–H groups in total. The highest BCUT2D eigenvalue weighted by Crippen LogP contribution is 2.40. The van der Waals surface area contributed by atoms with Crippen molar-refractivity contribution in [1.29, 1.82) is 0 Å². The van der Waals surface area contributed by atoms with E-state index in [9.17, 15) is 4.79 Å². The fraction of sp³-hybridized carbons (Fsp3) is 0.344. The summed E-state index contributed by atoms with van der Waals surface area (Å²) >= 11 is 6.67. The molecule has 10 nitrogen and oxygen atoms in total. The van der Waals surface area contributed by atoms with Crippen LogP contribution in [0.4, 0.5) is 17.3 Å². The van der Waals surface area contributed by atoms with Gasteiger partial charge in [0.15, 0.2) is 0 Å². The number of carbonyl (C=O) groups is 1. The molecule has 1 aliphatic heterocycles. The Morgan fingerprint density at radius 3 is 2.84 bits per heavy atom. The van der Waals surface area contributed by atoms with E-state index in [-0.39, 0.29) is 12.0 Å². The number of rotatable bonds is 13. The normalized spacial score (nSPS) is 13.2. The highest BCUT2D eigenvalue weighted by Gasteiger charge is 2.22. The first kappa shape index (κ1) is 30.3. The number of anilines is 3. The number of halogens is 1. The number of amides is 1. The topological polar surface area (TPSA) is 103 Å². The van der Waals surface area contributed by atoms with Gasteiger partial charge in [-0.3, -0.25) is 4.79 Å². The minimum absolute atomic E-state index is 0.293. The van der Waals surface area contributed by atoms with E-state index in [4.69, 9.17) is 30.8 Å². The summed E-state index contributed by atoms with van der Waals surface area (Å²) < 4.78 is 20.0. The molecule has 1 aliphatic rings. The second-order valence-corrected chi connectivity index (χ2v) is 11.0. The van der Waals surface area contributed by atoms with Crippen molar-refractivity contribution in [3.8, 4) is 22.8 Å². The molecule has 0 saturated heterocycles. The molecule has 0 aliphatic carbocycles. The van der Waals surface area contributed by atoms with Gasteiger partial charge in [0.2, 0.25) is 11.9 Å². The molecule has 1 atom stereocenters. The summed E-state index contributed by atoms with van der Waals surface area (Å²) in [7, 11) is 5.48. The van der Waals surface area contributed by atoms with E-state index < -0.39 is 0 Å². The number of ether oxygens (including phenoxy) is 3. The minimum Gasteiger partial charge on any atom is -0.494 e. The Bertz CT molecular complexity index is 1640. The quantitative estimate of drug-likeness (QED) is 0.181. The van der Waals surface area contributed by atoms with Crippen LogP contribution in [-0.4, -0.2) is 72.4 Å². The van der Waals surface area contributed by atoms with Crippen molar-refractivity contribution in [2.75, 3.05) is 51.6 Å². The van der Waals surface area contributed by atoms with Crippen LogP contribution in [0.15, 0.2) is 55.4 Å². The van der Waals surface area contributed by atoms with E-state index in [1.165, 1.54) is 17.2 Å². The third-order valence-corrected chi connectivity index (χ3v) is 7.46. The van der Waals surface area contributed by atoms with E-state index >= 15 is 0 Å². The molecular weight excluding hydrogens is 568 g/mol. The number of aryl methyl sites for hydroxylation is 2. The van der Waals surface area contributed by atoms with Crippen molar-refractivity contribution in [2.45, 2.75) is 32.4 Å². The number of methoxy groups -OCH3 is 1. The predicted molar refractivity (Wildman–Crippen MR) is 171 cm³/mol. The molecule has 1 amide bonds. The highest BCUT2D eigenvalue weighted by molar-refractivity contribution is 6.33. The summed E-state index contributed by atoms with van der Waals surface area (Å²) in [6.45, 7) is 8.01. The second-order valence-electron chi connectivity index (χ2n) is 10.6. The maximum absolute atomic E-state index is 12.4. The molecule has 11 heteroatoms. The van der Waals surface area contributed by atoms with Crippen LogP contribution in [0, 0.1) is 0 Å². The molecule has 0 fully saturated rings. The number of aromatic nitrogens is 3. The van der Waals surface area contributed by atoms with Crippen molar-refractivity contribution in [3.05, 3.63) is 66.0 Å². The molecule has 4 aromatic rings. The van der Waals surface area contributed by atoms with Crippen molar-refractivity contribution < 1.29 is 19.0 Å². The molecule has 0 unspecified atom stereocenters. The number of likely N-dealkylation sites (N-methyl/N-ethyl adjacent to an activating group) is 1. The Morgan fingerprint density at radius 1 is 1.26 bits per heavy atom. The third kappa shape index (κ3) is 6.77. The average molecular weight is 605 g/mol. The maximum Gasteiger partial charge on any atom is 0.247 e. The lowest BCUT2D eigenvalue weighted by Gasteiger charge is -2.24. The summed E-state index contributed by atoms with van der Waals surface area (Å²) in [5.74, 6) is 0.837. The van der Waals surface area contributed by atoms with Crippen molar-refractivity contribution in [3.63, 3.8) is 0 Å². The molecular formula is C32H37ClN6O4.